The molecule has 0 radical (unpaired) electrons. The summed E-state index contributed by atoms with van der Waals surface area (Å²) in [7, 11) is -6.67. The van der Waals surface area contributed by atoms with Gasteiger partial charge in [0.25, 0.3) is 0 Å². The third-order valence-electron chi connectivity index (χ3n) is 11.1. The van der Waals surface area contributed by atoms with Crippen molar-refractivity contribution in [2.24, 2.45) is 0 Å². The zero-order chi connectivity index (χ0) is 36.9. The molecule has 8 aromatic rings. The summed E-state index contributed by atoms with van der Waals surface area (Å²) in [6.45, 7) is 0. The quantitative estimate of drug-likeness (QED) is 0.0966. The smallest absolute Gasteiger partial charge is 0.117 e. The van der Waals surface area contributed by atoms with E-state index in [1.165, 1.54) is 41.5 Å². The van der Waals surface area contributed by atoms with Gasteiger partial charge in [-0.1, -0.05) is 263 Å². The number of hydrogen-bond acceptors (Lipinski definition) is 0. The molecule has 0 aliphatic carbocycles. The maximum absolute atomic E-state index is 5.10. The Labute approximate surface area is 338 Å². The zero-order valence-corrected chi connectivity index (χ0v) is 37.0. The Hall–Kier alpha value is -4.41. The van der Waals surface area contributed by atoms with Gasteiger partial charge >= 0.3 is 0 Å². The molecule has 0 aliphatic heterocycles. The molecule has 54 heavy (non-hydrogen) atoms. The standard InChI is InChI=1S/C48H40Br2Si4/c49-51(41-25-9-1-10-26-41,42-27-11-2-12-28-42)53(45-33-17-5-18-34-45,46-35-19-6-20-36-46)54(47-37-21-7-22-38-47,48-39-23-8-24-40-48)52(50,43-29-13-3-14-30-43)44-31-15-4-16-32-44/h1-40H. The van der Waals surface area contributed by atoms with E-state index in [2.05, 4.69) is 243 Å². The van der Waals surface area contributed by atoms with E-state index in [-0.39, 0.29) is 0 Å². The Balaban J connectivity index is 1.78. The lowest BCUT2D eigenvalue weighted by molar-refractivity contribution is 1.69. The highest BCUT2D eigenvalue weighted by Gasteiger charge is 2.77. The highest BCUT2D eigenvalue weighted by Crippen LogP contribution is 2.40. The lowest BCUT2D eigenvalue weighted by Gasteiger charge is -2.61. The summed E-state index contributed by atoms with van der Waals surface area (Å²) >= 11 is 10.2. The number of hydrogen-bond donors (Lipinski definition) is 0. The minimum Gasteiger partial charge on any atom is -0.117 e. The first kappa shape index (κ1) is 36.6. The minimum absolute atomic E-state index is 1.39. The van der Waals surface area contributed by atoms with Crippen LogP contribution < -0.4 is 41.5 Å². The highest BCUT2D eigenvalue weighted by atomic mass is 79.9. The SMILES string of the molecule is Br[Si](c1ccccc1)(c1ccccc1)[Si](c1ccccc1)(c1ccccc1)[Si](c1ccccc1)(c1ccccc1)[Si](Br)(c1ccccc1)c1ccccc1. The van der Waals surface area contributed by atoms with Crippen LogP contribution in [0, 0.1) is 0 Å². The van der Waals surface area contributed by atoms with E-state index in [9.17, 15) is 0 Å². The van der Waals surface area contributed by atoms with E-state index in [4.69, 9.17) is 30.6 Å². The molecule has 6 heteroatoms. The second-order valence-electron chi connectivity index (χ2n) is 13.7. The van der Waals surface area contributed by atoms with Crippen molar-refractivity contribution < 1.29 is 0 Å². The van der Waals surface area contributed by atoms with Crippen molar-refractivity contribution in [1.29, 1.82) is 0 Å². The predicted octanol–water partition coefficient (Wildman–Crippen LogP) is 7.06. The van der Waals surface area contributed by atoms with Crippen LogP contribution in [0.1, 0.15) is 0 Å². The fourth-order valence-electron chi connectivity index (χ4n) is 9.13. The number of rotatable bonds is 11. The fraction of sp³-hybridized carbons (Fsp3) is 0. The van der Waals surface area contributed by atoms with E-state index >= 15 is 0 Å². The molecule has 0 atom stereocenters. The van der Waals surface area contributed by atoms with Crippen LogP contribution in [0.3, 0.4) is 0 Å². The van der Waals surface area contributed by atoms with Gasteiger partial charge in [0.2, 0.25) is 0 Å². The van der Waals surface area contributed by atoms with Gasteiger partial charge in [-0.25, -0.2) is 0 Å². The third kappa shape index (κ3) is 5.70. The Morgan fingerprint density at radius 3 is 0.463 bits per heavy atom. The van der Waals surface area contributed by atoms with Crippen molar-refractivity contribution in [1.82, 2.24) is 0 Å². The van der Waals surface area contributed by atoms with Gasteiger partial charge in [-0.05, 0) is 20.7 Å². The maximum atomic E-state index is 5.10. The molecule has 0 aromatic heterocycles. The first-order chi connectivity index (χ1) is 26.6. The molecule has 0 spiro atoms. The van der Waals surface area contributed by atoms with Crippen molar-refractivity contribution in [3.8, 4) is 0 Å². The molecule has 0 saturated heterocycles. The van der Waals surface area contributed by atoms with Crippen LogP contribution in [-0.4, -0.2) is 26.6 Å². The summed E-state index contributed by atoms with van der Waals surface area (Å²) in [5.41, 5.74) is 0. The first-order valence-corrected chi connectivity index (χ1v) is 33.9. The van der Waals surface area contributed by atoms with Crippen molar-refractivity contribution in [3.05, 3.63) is 243 Å². The Bertz CT molecular complexity index is 2050. The monoisotopic (exact) mass is 886 g/mol. The van der Waals surface area contributed by atoms with Crippen LogP contribution in [0.4, 0.5) is 0 Å². The molecule has 0 bridgehead atoms. The van der Waals surface area contributed by atoms with Gasteiger partial charge in [-0.15, -0.1) is 30.6 Å². The Morgan fingerprint density at radius 2 is 0.315 bits per heavy atom. The summed E-state index contributed by atoms with van der Waals surface area (Å²) in [5, 5.41) is 11.4. The molecule has 262 valence electrons. The molecule has 0 heterocycles. The highest BCUT2D eigenvalue weighted by molar-refractivity contribution is 9.30. The third-order valence-corrected chi connectivity index (χ3v) is 82.1. The van der Waals surface area contributed by atoms with E-state index in [0.29, 0.717) is 0 Å². The first-order valence-electron chi connectivity index (χ1n) is 18.4. The van der Waals surface area contributed by atoms with Crippen molar-refractivity contribution >= 4 is 98.7 Å². The summed E-state index contributed by atoms with van der Waals surface area (Å²) < 4.78 is 0. The van der Waals surface area contributed by atoms with Crippen LogP contribution in [0.5, 0.6) is 0 Å². The molecule has 0 saturated carbocycles. The molecule has 8 aromatic carbocycles. The maximum Gasteiger partial charge on any atom is 0.189 e. The van der Waals surface area contributed by atoms with Crippen LogP contribution >= 0.6 is 30.6 Å². The molecule has 0 fully saturated rings. The summed E-state index contributed by atoms with van der Waals surface area (Å²) in [6, 6.07) is 92.9. The molecular weight excluding hydrogens is 849 g/mol. The average molecular weight is 889 g/mol. The van der Waals surface area contributed by atoms with Gasteiger partial charge in [0.1, 0.15) is 14.2 Å². The second-order valence-corrected chi connectivity index (χ2v) is 52.0. The normalized spacial score (nSPS) is 12.3. The topological polar surface area (TPSA) is 0 Å². The molecule has 0 nitrogen and oxygen atoms in total. The Kier molecular flexibility index (Phi) is 10.7. The Morgan fingerprint density at radius 1 is 0.185 bits per heavy atom. The van der Waals surface area contributed by atoms with Crippen LogP contribution in [0.2, 0.25) is 0 Å². The fourth-order valence-corrected chi connectivity index (χ4v) is 113. The molecular formula is C48H40Br2Si4. The van der Waals surface area contributed by atoms with E-state index < -0.39 is 26.6 Å². The molecule has 0 aliphatic rings. The lowest BCUT2D eigenvalue weighted by Crippen LogP contribution is -3.05. The van der Waals surface area contributed by atoms with Gasteiger partial charge in [0.15, 0.2) is 12.4 Å². The molecule has 0 amide bonds. The van der Waals surface area contributed by atoms with Crippen LogP contribution in [0.25, 0.3) is 0 Å². The van der Waals surface area contributed by atoms with Gasteiger partial charge in [-0.2, -0.15) is 0 Å². The largest absolute Gasteiger partial charge is 0.189 e. The van der Waals surface area contributed by atoms with Gasteiger partial charge < -0.3 is 0 Å². The minimum atomic E-state index is -3.34. The zero-order valence-electron chi connectivity index (χ0n) is 29.8. The van der Waals surface area contributed by atoms with E-state index in [1.54, 1.807) is 0 Å². The van der Waals surface area contributed by atoms with Gasteiger partial charge in [0.05, 0.1) is 0 Å². The van der Waals surface area contributed by atoms with Crippen molar-refractivity contribution in [3.63, 3.8) is 0 Å². The van der Waals surface area contributed by atoms with Gasteiger partial charge in [-0.3, -0.25) is 0 Å². The van der Waals surface area contributed by atoms with Crippen LogP contribution in [-0.2, 0) is 0 Å². The van der Waals surface area contributed by atoms with Crippen molar-refractivity contribution in [2.75, 3.05) is 0 Å². The predicted molar refractivity (Wildman–Crippen MR) is 249 cm³/mol. The van der Waals surface area contributed by atoms with E-state index in [1.807, 2.05) is 0 Å². The molecule has 8 rings (SSSR count). The summed E-state index contributed by atoms with van der Waals surface area (Å²) in [5.74, 6) is 0. The molecule has 0 unspecified atom stereocenters. The average Bonchev–Trinajstić information content (AvgIpc) is 3.27. The summed E-state index contributed by atoms with van der Waals surface area (Å²) in [6.07, 6.45) is -6.24. The number of benzene rings is 8. The van der Waals surface area contributed by atoms with Gasteiger partial charge in [0, 0.05) is 0 Å². The lowest BCUT2D eigenvalue weighted by atomic mass is 10.4. The summed E-state index contributed by atoms with van der Waals surface area (Å²) in [4.78, 5) is 0. The van der Waals surface area contributed by atoms with Crippen molar-refractivity contribution in [2.45, 2.75) is 0 Å². The second kappa shape index (κ2) is 15.7. The van der Waals surface area contributed by atoms with Crippen LogP contribution in [0.15, 0.2) is 243 Å². The number of halogens is 2. The molecule has 0 N–H and O–H groups in total. The van der Waals surface area contributed by atoms with E-state index in [0.717, 1.165) is 0 Å².